The number of nitrogens with one attached hydrogen (secondary N) is 1. The molecule has 0 aliphatic carbocycles. The van der Waals surface area contributed by atoms with E-state index in [1.807, 2.05) is 18.2 Å². The molecule has 1 fully saturated rings. The number of piperidine rings is 1. The number of benzene rings is 1. The number of nitrogens with zero attached hydrogens (tertiary/aromatic N) is 1. The highest BCUT2D eigenvalue weighted by Gasteiger charge is 2.25. The molecule has 0 saturated carbocycles. The van der Waals surface area contributed by atoms with Crippen LogP contribution < -0.4 is 11.1 Å². The molecule has 2 rings (SSSR count). The summed E-state index contributed by atoms with van der Waals surface area (Å²) in [5, 5.41) is 2.97. The maximum absolute atomic E-state index is 12.1. The average Bonchev–Trinajstić information content (AvgIpc) is 2.55. The van der Waals surface area contributed by atoms with Crippen molar-refractivity contribution in [2.45, 2.75) is 32.1 Å². The molecule has 1 unspecified atom stereocenters. The molecule has 3 amide bonds. The highest BCUT2D eigenvalue weighted by Crippen LogP contribution is 2.18. The molecule has 1 heterocycles. The first-order valence-electron chi connectivity index (χ1n) is 7.95. The number of carbonyl (C=O) groups is 2. The largest absolute Gasteiger partial charge is 0.369 e. The van der Waals surface area contributed by atoms with E-state index < -0.39 is 0 Å². The van der Waals surface area contributed by atoms with Gasteiger partial charge in [-0.25, -0.2) is 4.79 Å². The Morgan fingerprint density at radius 1 is 1.27 bits per heavy atom. The van der Waals surface area contributed by atoms with Crippen molar-refractivity contribution in [1.29, 1.82) is 0 Å². The molecule has 1 aliphatic rings. The first-order chi connectivity index (χ1) is 10.6. The van der Waals surface area contributed by atoms with Gasteiger partial charge in [-0.2, -0.15) is 0 Å². The molecule has 1 aromatic carbocycles. The predicted octanol–water partition coefficient (Wildman–Crippen LogP) is 2.09. The summed E-state index contributed by atoms with van der Waals surface area (Å²) in [5.74, 6) is 0.0843. The van der Waals surface area contributed by atoms with Gasteiger partial charge in [-0.3, -0.25) is 4.79 Å². The summed E-state index contributed by atoms with van der Waals surface area (Å²) in [4.78, 5) is 25.0. The van der Waals surface area contributed by atoms with Crippen LogP contribution in [0.2, 0.25) is 0 Å². The van der Waals surface area contributed by atoms with Crippen molar-refractivity contribution < 1.29 is 9.59 Å². The van der Waals surface area contributed by atoms with Crippen LogP contribution in [0.4, 0.5) is 4.79 Å². The molecular formula is C17H25N3O2. The summed E-state index contributed by atoms with van der Waals surface area (Å²) in [6.45, 7) is 4.03. The molecule has 0 bridgehead atoms. The van der Waals surface area contributed by atoms with E-state index in [9.17, 15) is 9.59 Å². The highest BCUT2D eigenvalue weighted by molar-refractivity contribution is 5.78. The Labute approximate surface area is 131 Å². The van der Waals surface area contributed by atoms with E-state index in [4.69, 9.17) is 5.73 Å². The summed E-state index contributed by atoms with van der Waals surface area (Å²) in [5.41, 5.74) is 6.59. The van der Waals surface area contributed by atoms with Crippen LogP contribution in [0.5, 0.6) is 0 Å². The minimum absolute atomic E-state index is 0.0387. The van der Waals surface area contributed by atoms with Crippen molar-refractivity contribution in [3.63, 3.8) is 0 Å². The van der Waals surface area contributed by atoms with Crippen molar-refractivity contribution in [1.82, 2.24) is 10.2 Å². The standard InChI is InChI=1S/C17H25N3O2/c1-13(14-5-3-2-4-6-14)7-10-19-17(22)20-11-8-15(9-12-20)16(18)21/h2-6,13,15H,7-12H2,1H3,(H2,18,21)(H,19,22). The normalized spacial score (nSPS) is 17.0. The molecular weight excluding hydrogens is 278 g/mol. The monoisotopic (exact) mass is 303 g/mol. The highest BCUT2D eigenvalue weighted by atomic mass is 16.2. The Bertz CT molecular complexity index is 496. The molecule has 3 N–H and O–H groups in total. The molecule has 1 aliphatic heterocycles. The number of amides is 3. The van der Waals surface area contributed by atoms with Crippen molar-refractivity contribution in [2.24, 2.45) is 11.7 Å². The van der Waals surface area contributed by atoms with E-state index in [1.54, 1.807) is 4.90 Å². The Morgan fingerprint density at radius 3 is 2.50 bits per heavy atom. The minimum atomic E-state index is -0.253. The second-order valence-electron chi connectivity index (χ2n) is 6.00. The summed E-state index contributed by atoms with van der Waals surface area (Å²) in [7, 11) is 0. The number of primary amides is 1. The lowest BCUT2D eigenvalue weighted by Gasteiger charge is -2.30. The van der Waals surface area contributed by atoms with Crippen LogP contribution >= 0.6 is 0 Å². The van der Waals surface area contributed by atoms with Gasteiger partial charge < -0.3 is 16.0 Å². The fraction of sp³-hybridized carbons (Fsp3) is 0.529. The van der Waals surface area contributed by atoms with Crippen LogP contribution in [0.25, 0.3) is 0 Å². The SMILES string of the molecule is CC(CCNC(=O)N1CCC(C(N)=O)CC1)c1ccccc1. The lowest BCUT2D eigenvalue weighted by atomic mass is 9.96. The smallest absolute Gasteiger partial charge is 0.317 e. The van der Waals surface area contributed by atoms with Crippen molar-refractivity contribution in [3.05, 3.63) is 35.9 Å². The fourth-order valence-electron chi connectivity index (χ4n) is 2.82. The van der Waals surface area contributed by atoms with Gasteiger partial charge in [-0.15, -0.1) is 0 Å². The molecule has 1 saturated heterocycles. The van der Waals surface area contributed by atoms with Gasteiger partial charge in [0, 0.05) is 25.6 Å². The summed E-state index contributed by atoms with van der Waals surface area (Å²) in [6.07, 6.45) is 2.25. The van der Waals surface area contributed by atoms with Crippen LogP contribution in [-0.2, 0) is 4.79 Å². The molecule has 5 nitrogen and oxygen atoms in total. The zero-order valence-corrected chi connectivity index (χ0v) is 13.1. The number of hydrogen-bond acceptors (Lipinski definition) is 2. The van der Waals surface area contributed by atoms with Crippen LogP contribution in [0.15, 0.2) is 30.3 Å². The van der Waals surface area contributed by atoms with E-state index in [1.165, 1.54) is 5.56 Å². The maximum atomic E-state index is 12.1. The number of nitrogens with two attached hydrogens (primary N) is 1. The Kier molecular flexibility index (Phi) is 5.81. The predicted molar refractivity (Wildman–Crippen MR) is 86.4 cm³/mol. The lowest BCUT2D eigenvalue weighted by molar-refractivity contribution is -0.123. The van der Waals surface area contributed by atoms with Crippen molar-refractivity contribution >= 4 is 11.9 Å². The third kappa shape index (κ3) is 4.48. The van der Waals surface area contributed by atoms with Gasteiger partial charge in [-0.1, -0.05) is 37.3 Å². The molecule has 1 atom stereocenters. The van der Waals surface area contributed by atoms with Gasteiger partial charge in [0.25, 0.3) is 0 Å². The quantitative estimate of drug-likeness (QED) is 0.874. The summed E-state index contributed by atoms with van der Waals surface area (Å²) in [6, 6.07) is 10.3. The van der Waals surface area contributed by atoms with Gasteiger partial charge in [0.2, 0.25) is 5.91 Å². The van der Waals surface area contributed by atoms with Crippen LogP contribution in [0.1, 0.15) is 37.7 Å². The second-order valence-corrected chi connectivity index (χ2v) is 6.00. The zero-order chi connectivity index (χ0) is 15.9. The maximum Gasteiger partial charge on any atom is 0.317 e. The number of carbonyl (C=O) groups excluding carboxylic acids is 2. The van der Waals surface area contributed by atoms with Crippen LogP contribution in [0, 0.1) is 5.92 Å². The molecule has 22 heavy (non-hydrogen) atoms. The fourth-order valence-corrected chi connectivity index (χ4v) is 2.82. The minimum Gasteiger partial charge on any atom is -0.369 e. The molecule has 0 aromatic heterocycles. The van der Waals surface area contributed by atoms with Gasteiger partial charge in [0.15, 0.2) is 0 Å². The Balaban J connectivity index is 1.69. The lowest BCUT2D eigenvalue weighted by Crippen LogP contribution is -2.46. The number of likely N-dealkylation sites (tertiary alicyclic amines) is 1. The first-order valence-corrected chi connectivity index (χ1v) is 7.95. The third-order valence-corrected chi connectivity index (χ3v) is 4.41. The van der Waals surface area contributed by atoms with Gasteiger partial charge in [0.1, 0.15) is 0 Å². The average molecular weight is 303 g/mol. The van der Waals surface area contributed by atoms with Crippen molar-refractivity contribution in [3.8, 4) is 0 Å². The van der Waals surface area contributed by atoms with E-state index in [0.29, 0.717) is 38.4 Å². The first kappa shape index (κ1) is 16.3. The molecule has 1 aromatic rings. The van der Waals surface area contributed by atoms with Crippen LogP contribution in [0.3, 0.4) is 0 Å². The van der Waals surface area contributed by atoms with Crippen LogP contribution in [-0.4, -0.2) is 36.5 Å². The number of urea groups is 1. The van der Waals surface area contributed by atoms with Crippen molar-refractivity contribution in [2.75, 3.05) is 19.6 Å². The van der Waals surface area contributed by atoms with Gasteiger partial charge in [-0.05, 0) is 30.7 Å². The third-order valence-electron chi connectivity index (χ3n) is 4.41. The van der Waals surface area contributed by atoms with E-state index in [0.717, 1.165) is 6.42 Å². The Morgan fingerprint density at radius 2 is 1.91 bits per heavy atom. The van der Waals surface area contributed by atoms with Gasteiger partial charge in [0.05, 0.1) is 0 Å². The number of hydrogen-bond donors (Lipinski definition) is 2. The molecule has 0 radical (unpaired) electrons. The molecule has 5 heteroatoms. The summed E-state index contributed by atoms with van der Waals surface area (Å²) < 4.78 is 0. The topological polar surface area (TPSA) is 75.4 Å². The molecule has 120 valence electrons. The van der Waals surface area contributed by atoms with E-state index >= 15 is 0 Å². The zero-order valence-electron chi connectivity index (χ0n) is 13.1. The second kappa shape index (κ2) is 7.82. The van der Waals surface area contributed by atoms with E-state index in [2.05, 4.69) is 24.4 Å². The van der Waals surface area contributed by atoms with E-state index in [-0.39, 0.29) is 17.9 Å². The van der Waals surface area contributed by atoms with Gasteiger partial charge >= 0.3 is 6.03 Å². The number of rotatable bonds is 5. The molecule has 0 spiro atoms. The summed E-state index contributed by atoms with van der Waals surface area (Å²) >= 11 is 0. The Hall–Kier alpha value is -2.04.